The molecule has 1 atom stereocenters. The summed E-state index contributed by atoms with van der Waals surface area (Å²) in [5, 5.41) is 2.81. The molecule has 0 saturated carbocycles. The van der Waals surface area contributed by atoms with Gasteiger partial charge in [0.05, 0.1) is 6.61 Å². The van der Waals surface area contributed by atoms with Crippen LogP contribution in [0.15, 0.2) is 0 Å². The molecule has 0 bridgehead atoms. The largest absolute Gasteiger partial charge is 0.381 e. The van der Waals surface area contributed by atoms with Crippen molar-refractivity contribution in [1.82, 2.24) is 10.2 Å². The van der Waals surface area contributed by atoms with Crippen molar-refractivity contribution in [2.24, 2.45) is 5.92 Å². The Kier molecular flexibility index (Phi) is 2.68. The molecule has 4 heteroatoms. The first-order valence-electron chi connectivity index (χ1n) is 4.97. The molecule has 0 aromatic heterocycles. The highest BCUT2D eigenvalue weighted by Crippen LogP contribution is 2.15. The molecule has 4 nitrogen and oxygen atoms in total. The third-order valence-corrected chi connectivity index (χ3v) is 2.68. The van der Waals surface area contributed by atoms with E-state index in [0.29, 0.717) is 5.92 Å². The Morgan fingerprint density at radius 3 is 3.15 bits per heavy atom. The van der Waals surface area contributed by atoms with Gasteiger partial charge in [0.2, 0.25) is 0 Å². The first kappa shape index (κ1) is 8.81. The average molecular weight is 184 g/mol. The summed E-state index contributed by atoms with van der Waals surface area (Å²) in [4.78, 5) is 13.1. The Hall–Kier alpha value is -0.770. The van der Waals surface area contributed by atoms with Crippen LogP contribution >= 0.6 is 0 Å². The number of hydrogen-bond acceptors (Lipinski definition) is 2. The minimum absolute atomic E-state index is 0.0885. The van der Waals surface area contributed by atoms with Gasteiger partial charge in [0.15, 0.2) is 0 Å². The number of carbonyl (C=O) groups excluding carboxylic acids is 1. The second-order valence-electron chi connectivity index (χ2n) is 3.76. The van der Waals surface area contributed by atoms with E-state index in [1.165, 1.54) is 6.42 Å². The lowest BCUT2D eigenvalue weighted by molar-refractivity contribution is 0.0454. The third-order valence-electron chi connectivity index (χ3n) is 2.68. The molecule has 0 radical (unpaired) electrons. The molecule has 2 saturated heterocycles. The van der Waals surface area contributed by atoms with Crippen LogP contribution in [-0.4, -0.2) is 43.8 Å². The molecule has 2 heterocycles. The second-order valence-corrected chi connectivity index (χ2v) is 3.76. The monoisotopic (exact) mass is 184 g/mol. The summed E-state index contributed by atoms with van der Waals surface area (Å²) in [6.45, 7) is 4.24. The van der Waals surface area contributed by atoms with Gasteiger partial charge in [-0.05, 0) is 12.8 Å². The molecule has 13 heavy (non-hydrogen) atoms. The van der Waals surface area contributed by atoms with Crippen LogP contribution in [0.4, 0.5) is 4.79 Å². The van der Waals surface area contributed by atoms with Gasteiger partial charge in [-0.3, -0.25) is 0 Å². The van der Waals surface area contributed by atoms with E-state index in [-0.39, 0.29) is 6.03 Å². The van der Waals surface area contributed by atoms with Crippen LogP contribution in [0.1, 0.15) is 12.8 Å². The fourth-order valence-electron chi connectivity index (χ4n) is 1.95. The molecular weight excluding hydrogens is 168 g/mol. The van der Waals surface area contributed by atoms with Crippen molar-refractivity contribution in [2.75, 3.05) is 32.8 Å². The van der Waals surface area contributed by atoms with Gasteiger partial charge < -0.3 is 15.0 Å². The van der Waals surface area contributed by atoms with E-state index in [2.05, 4.69) is 5.32 Å². The van der Waals surface area contributed by atoms with E-state index in [0.717, 1.165) is 39.3 Å². The van der Waals surface area contributed by atoms with Crippen LogP contribution in [-0.2, 0) is 4.74 Å². The average Bonchev–Trinajstić information content (AvgIpc) is 2.54. The highest BCUT2D eigenvalue weighted by molar-refractivity contribution is 5.76. The van der Waals surface area contributed by atoms with Gasteiger partial charge in [-0.25, -0.2) is 4.79 Å². The lowest BCUT2D eigenvalue weighted by atomic mass is 10.0. The van der Waals surface area contributed by atoms with Crippen LogP contribution in [0.25, 0.3) is 0 Å². The lowest BCUT2D eigenvalue weighted by Gasteiger charge is -2.26. The molecular formula is C9H16N2O2. The standard InChI is InChI=1S/C9H16N2O2/c12-9-10-3-4-11(9)6-8-2-1-5-13-7-8/h8H,1-7H2,(H,10,12). The summed E-state index contributed by atoms with van der Waals surface area (Å²) in [6.07, 6.45) is 2.34. The van der Waals surface area contributed by atoms with Gasteiger partial charge in [0.25, 0.3) is 0 Å². The van der Waals surface area contributed by atoms with E-state index >= 15 is 0 Å². The molecule has 2 amide bonds. The van der Waals surface area contributed by atoms with Gasteiger partial charge in [-0.1, -0.05) is 0 Å². The second kappa shape index (κ2) is 3.96. The zero-order valence-electron chi connectivity index (χ0n) is 7.79. The van der Waals surface area contributed by atoms with Crippen molar-refractivity contribution < 1.29 is 9.53 Å². The van der Waals surface area contributed by atoms with Crippen molar-refractivity contribution in [3.63, 3.8) is 0 Å². The van der Waals surface area contributed by atoms with Crippen LogP contribution in [0, 0.1) is 5.92 Å². The number of ether oxygens (including phenoxy) is 1. The molecule has 2 aliphatic rings. The molecule has 2 rings (SSSR count). The van der Waals surface area contributed by atoms with E-state index in [1.54, 1.807) is 0 Å². The molecule has 0 aromatic carbocycles. The van der Waals surface area contributed by atoms with Crippen LogP contribution in [0.5, 0.6) is 0 Å². The maximum atomic E-state index is 11.2. The predicted octanol–water partition coefficient (Wildman–Crippen LogP) is 0.438. The van der Waals surface area contributed by atoms with Crippen molar-refractivity contribution in [1.29, 1.82) is 0 Å². The van der Waals surface area contributed by atoms with E-state index < -0.39 is 0 Å². The Bertz CT molecular complexity index is 190. The topological polar surface area (TPSA) is 41.6 Å². The number of nitrogens with zero attached hydrogens (tertiary/aromatic N) is 1. The summed E-state index contributed by atoms with van der Waals surface area (Å²) in [6, 6.07) is 0.0885. The number of amides is 2. The molecule has 2 aliphatic heterocycles. The van der Waals surface area contributed by atoms with Crippen molar-refractivity contribution in [3.8, 4) is 0 Å². The zero-order valence-corrected chi connectivity index (χ0v) is 7.79. The normalized spacial score (nSPS) is 29.1. The summed E-state index contributed by atoms with van der Waals surface area (Å²) >= 11 is 0. The summed E-state index contributed by atoms with van der Waals surface area (Å²) in [5.41, 5.74) is 0. The fourth-order valence-corrected chi connectivity index (χ4v) is 1.95. The van der Waals surface area contributed by atoms with Gasteiger partial charge in [0.1, 0.15) is 0 Å². The van der Waals surface area contributed by atoms with Gasteiger partial charge >= 0.3 is 6.03 Å². The number of rotatable bonds is 2. The molecule has 1 unspecified atom stereocenters. The minimum Gasteiger partial charge on any atom is -0.381 e. The number of urea groups is 1. The maximum Gasteiger partial charge on any atom is 0.317 e. The highest BCUT2D eigenvalue weighted by Gasteiger charge is 2.24. The lowest BCUT2D eigenvalue weighted by Crippen LogP contribution is -2.35. The van der Waals surface area contributed by atoms with Gasteiger partial charge in [0, 0.05) is 32.2 Å². The van der Waals surface area contributed by atoms with E-state index in [9.17, 15) is 4.79 Å². The van der Waals surface area contributed by atoms with E-state index in [4.69, 9.17) is 4.74 Å². The van der Waals surface area contributed by atoms with Gasteiger partial charge in [-0.2, -0.15) is 0 Å². The minimum atomic E-state index is 0.0885. The molecule has 0 spiro atoms. The van der Waals surface area contributed by atoms with Crippen molar-refractivity contribution in [2.45, 2.75) is 12.8 Å². The highest BCUT2D eigenvalue weighted by atomic mass is 16.5. The smallest absolute Gasteiger partial charge is 0.317 e. The Labute approximate surface area is 78.2 Å². The summed E-state index contributed by atoms with van der Waals surface area (Å²) < 4.78 is 5.37. The van der Waals surface area contributed by atoms with Crippen molar-refractivity contribution in [3.05, 3.63) is 0 Å². The Morgan fingerprint density at radius 2 is 2.54 bits per heavy atom. The number of carbonyl (C=O) groups is 1. The molecule has 2 fully saturated rings. The zero-order chi connectivity index (χ0) is 9.10. The Morgan fingerprint density at radius 1 is 1.62 bits per heavy atom. The molecule has 0 aromatic rings. The fraction of sp³-hybridized carbons (Fsp3) is 0.889. The van der Waals surface area contributed by atoms with E-state index in [1.807, 2.05) is 4.90 Å². The first-order valence-corrected chi connectivity index (χ1v) is 4.97. The quantitative estimate of drug-likeness (QED) is 0.676. The maximum absolute atomic E-state index is 11.2. The summed E-state index contributed by atoms with van der Waals surface area (Å²) in [7, 11) is 0. The third kappa shape index (κ3) is 2.12. The molecule has 74 valence electrons. The Balaban J connectivity index is 1.79. The van der Waals surface area contributed by atoms with Crippen LogP contribution < -0.4 is 5.32 Å². The summed E-state index contributed by atoms with van der Waals surface area (Å²) in [5.74, 6) is 0.553. The van der Waals surface area contributed by atoms with Crippen LogP contribution in [0.3, 0.4) is 0 Å². The van der Waals surface area contributed by atoms with Crippen LogP contribution in [0.2, 0.25) is 0 Å². The molecule has 1 N–H and O–H groups in total. The predicted molar refractivity (Wildman–Crippen MR) is 48.5 cm³/mol. The SMILES string of the molecule is O=C1NCCN1CC1CCCOC1. The van der Waals surface area contributed by atoms with Gasteiger partial charge in [-0.15, -0.1) is 0 Å². The number of hydrogen-bond donors (Lipinski definition) is 1. The number of nitrogens with one attached hydrogen (secondary N) is 1. The first-order chi connectivity index (χ1) is 6.36. The van der Waals surface area contributed by atoms with Crippen molar-refractivity contribution >= 4 is 6.03 Å². The molecule has 0 aliphatic carbocycles.